The maximum absolute atomic E-state index is 6.66. The molecule has 4 atom stereocenters. The highest BCUT2D eigenvalue weighted by Crippen LogP contribution is 2.49. The zero-order valence-electron chi connectivity index (χ0n) is 9.89. The maximum atomic E-state index is 6.66. The molecule has 5 heteroatoms. The predicted octanol–water partition coefficient (Wildman–Crippen LogP) is -0.180. The third-order valence-corrected chi connectivity index (χ3v) is 4.35. The Morgan fingerprint density at radius 2 is 1.47 bits per heavy atom. The third-order valence-electron chi connectivity index (χ3n) is 4.35. The fraction of sp³-hybridized carbons (Fsp3) is 1.00. The molecule has 4 saturated heterocycles. The van der Waals surface area contributed by atoms with Crippen LogP contribution < -0.4 is 5.73 Å². The standard InChI is InChI=1S/C12H19NO4/c13-11(1-8-4-14-8,2-9-5-15-9)12(7-17-12)3-10-6-16-10/h8-10H,1-7,13H2. The second-order valence-corrected chi connectivity index (χ2v) is 5.92. The van der Waals surface area contributed by atoms with E-state index in [0.29, 0.717) is 18.3 Å². The van der Waals surface area contributed by atoms with E-state index in [9.17, 15) is 0 Å². The molecule has 0 aromatic rings. The van der Waals surface area contributed by atoms with Gasteiger partial charge in [0.2, 0.25) is 0 Å². The summed E-state index contributed by atoms with van der Waals surface area (Å²) >= 11 is 0. The van der Waals surface area contributed by atoms with E-state index in [1.54, 1.807) is 0 Å². The molecule has 0 aromatic carbocycles. The molecule has 5 nitrogen and oxygen atoms in total. The van der Waals surface area contributed by atoms with Crippen LogP contribution in [0.1, 0.15) is 19.3 Å². The average molecular weight is 241 g/mol. The molecule has 4 aliphatic heterocycles. The van der Waals surface area contributed by atoms with Crippen LogP contribution in [0.4, 0.5) is 0 Å². The molecule has 4 fully saturated rings. The molecule has 2 N–H and O–H groups in total. The van der Waals surface area contributed by atoms with E-state index in [2.05, 4.69) is 0 Å². The summed E-state index contributed by atoms with van der Waals surface area (Å²) in [5.74, 6) is 0. The molecule has 4 unspecified atom stereocenters. The second-order valence-electron chi connectivity index (χ2n) is 5.92. The molecule has 0 bridgehead atoms. The van der Waals surface area contributed by atoms with Crippen molar-refractivity contribution in [1.29, 1.82) is 0 Å². The van der Waals surface area contributed by atoms with Crippen molar-refractivity contribution in [1.82, 2.24) is 0 Å². The topological polar surface area (TPSA) is 76.1 Å². The highest BCUT2D eigenvalue weighted by molar-refractivity contribution is 5.16. The van der Waals surface area contributed by atoms with Gasteiger partial charge in [0.1, 0.15) is 5.60 Å². The zero-order chi connectivity index (χ0) is 11.5. The smallest absolute Gasteiger partial charge is 0.112 e. The van der Waals surface area contributed by atoms with Crippen LogP contribution in [-0.2, 0) is 18.9 Å². The molecule has 0 spiro atoms. The molecule has 4 heterocycles. The first-order chi connectivity index (χ1) is 8.19. The van der Waals surface area contributed by atoms with Crippen LogP contribution in [0, 0.1) is 0 Å². The number of hydrogen-bond acceptors (Lipinski definition) is 5. The first kappa shape index (κ1) is 10.7. The number of epoxide rings is 4. The van der Waals surface area contributed by atoms with Crippen LogP contribution >= 0.6 is 0 Å². The monoisotopic (exact) mass is 241 g/mol. The number of hydrogen-bond donors (Lipinski definition) is 1. The Bertz CT molecular complexity index is 304. The Labute approximate surface area is 101 Å². The van der Waals surface area contributed by atoms with Crippen LogP contribution in [-0.4, -0.2) is 55.9 Å². The lowest BCUT2D eigenvalue weighted by Crippen LogP contribution is -2.56. The van der Waals surface area contributed by atoms with Crippen LogP contribution in [0.25, 0.3) is 0 Å². The van der Waals surface area contributed by atoms with Crippen molar-refractivity contribution in [2.45, 2.75) is 48.7 Å². The van der Waals surface area contributed by atoms with Gasteiger partial charge in [-0.05, 0) is 12.8 Å². The molecule has 0 radical (unpaired) electrons. The van der Waals surface area contributed by atoms with Crippen LogP contribution in [0.3, 0.4) is 0 Å². The molecule has 17 heavy (non-hydrogen) atoms. The van der Waals surface area contributed by atoms with Crippen molar-refractivity contribution >= 4 is 0 Å². The van der Waals surface area contributed by atoms with Crippen molar-refractivity contribution in [2.75, 3.05) is 26.4 Å². The number of ether oxygens (including phenoxy) is 4. The van der Waals surface area contributed by atoms with Gasteiger partial charge < -0.3 is 24.7 Å². The van der Waals surface area contributed by atoms with Crippen molar-refractivity contribution in [3.8, 4) is 0 Å². The summed E-state index contributed by atoms with van der Waals surface area (Å²) in [4.78, 5) is 0. The molecule has 0 saturated carbocycles. The van der Waals surface area contributed by atoms with Crippen LogP contribution in [0.2, 0.25) is 0 Å². The minimum Gasteiger partial charge on any atom is -0.373 e. The summed E-state index contributed by atoms with van der Waals surface area (Å²) in [6.45, 7) is 3.32. The van der Waals surface area contributed by atoms with E-state index in [0.717, 1.165) is 45.7 Å². The van der Waals surface area contributed by atoms with E-state index >= 15 is 0 Å². The minimum absolute atomic E-state index is 0.175. The normalized spacial score (nSPS) is 49.6. The lowest BCUT2D eigenvalue weighted by atomic mass is 9.75. The molecule has 96 valence electrons. The molecule has 4 aliphatic rings. The Morgan fingerprint density at radius 1 is 1.00 bits per heavy atom. The van der Waals surface area contributed by atoms with Gasteiger partial charge in [0, 0.05) is 6.42 Å². The Kier molecular flexibility index (Phi) is 2.15. The summed E-state index contributed by atoms with van der Waals surface area (Å²) in [5, 5.41) is 0. The quantitative estimate of drug-likeness (QED) is 0.626. The Hall–Kier alpha value is -0.200. The molecular weight excluding hydrogens is 222 g/mol. The second kappa shape index (κ2) is 3.42. The van der Waals surface area contributed by atoms with Gasteiger partial charge in [-0.15, -0.1) is 0 Å². The molecule has 0 aliphatic carbocycles. The number of rotatable bonds is 7. The van der Waals surface area contributed by atoms with Gasteiger partial charge in [0.25, 0.3) is 0 Å². The van der Waals surface area contributed by atoms with Crippen molar-refractivity contribution in [2.24, 2.45) is 5.73 Å². The maximum Gasteiger partial charge on any atom is 0.112 e. The van der Waals surface area contributed by atoms with E-state index < -0.39 is 0 Å². The molecule has 4 rings (SSSR count). The van der Waals surface area contributed by atoms with Crippen LogP contribution in [0.5, 0.6) is 0 Å². The largest absolute Gasteiger partial charge is 0.373 e. The van der Waals surface area contributed by atoms with Gasteiger partial charge >= 0.3 is 0 Å². The molecule has 0 amide bonds. The predicted molar refractivity (Wildman–Crippen MR) is 58.7 cm³/mol. The van der Waals surface area contributed by atoms with E-state index in [1.165, 1.54) is 0 Å². The molecular formula is C12H19NO4. The number of nitrogens with two attached hydrogens (primary N) is 1. The van der Waals surface area contributed by atoms with E-state index in [1.807, 2.05) is 0 Å². The van der Waals surface area contributed by atoms with E-state index in [-0.39, 0.29) is 11.1 Å². The summed E-state index contributed by atoms with van der Waals surface area (Å²) in [7, 11) is 0. The van der Waals surface area contributed by atoms with Gasteiger partial charge in [0.05, 0.1) is 50.3 Å². The van der Waals surface area contributed by atoms with Gasteiger partial charge in [-0.25, -0.2) is 0 Å². The highest BCUT2D eigenvalue weighted by atomic mass is 16.6. The highest BCUT2D eigenvalue weighted by Gasteiger charge is 2.63. The van der Waals surface area contributed by atoms with E-state index in [4.69, 9.17) is 24.7 Å². The lowest BCUT2D eigenvalue weighted by molar-refractivity contribution is 0.121. The Morgan fingerprint density at radius 3 is 1.82 bits per heavy atom. The minimum atomic E-state index is -0.304. The Balaban J connectivity index is 1.49. The lowest BCUT2D eigenvalue weighted by Gasteiger charge is -2.35. The summed E-state index contributed by atoms with van der Waals surface area (Å²) in [5.41, 5.74) is 6.18. The van der Waals surface area contributed by atoms with Gasteiger partial charge in [-0.2, -0.15) is 0 Å². The third kappa shape index (κ3) is 2.11. The van der Waals surface area contributed by atoms with Gasteiger partial charge in [-0.1, -0.05) is 0 Å². The SMILES string of the molecule is NC(CC1CO1)(CC1CO1)C1(CC2CO2)CO1. The summed E-state index contributed by atoms with van der Waals surface area (Å²) in [6, 6.07) is 0. The average Bonchev–Trinajstić information content (AvgIpc) is 3.12. The van der Waals surface area contributed by atoms with Crippen LogP contribution in [0.15, 0.2) is 0 Å². The first-order valence-corrected chi connectivity index (χ1v) is 6.47. The fourth-order valence-corrected chi connectivity index (χ4v) is 2.89. The van der Waals surface area contributed by atoms with Crippen molar-refractivity contribution < 1.29 is 18.9 Å². The van der Waals surface area contributed by atoms with Gasteiger partial charge in [0.15, 0.2) is 0 Å². The van der Waals surface area contributed by atoms with Gasteiger partial charge in [-0.3, -0.25) is 0 Å². The summed E-state index contributed by atoms with van der Waals surface area (Å²) < 4.78 is 21.8. The fourth-order valence-electron chi connectivity index (χ4n) is 2.89. The van der Waals surface area contributed by atoms with Crippen molar-refractivity contribution in [3.05, 3.63) is 0 Å². The van der Waals surface area contributed by atoms with Crippen molar-refractivity contribution in [3.63, 3.8) is 0 Å². The summed E-state index contributed by atoms with van der Waals surface area (Å²) in [6.07, 6.45) is 3.74. The first-order valence-electron chi connectivity index (χ1n) is 6.47. The zero-order valence-corrected chi connectivity index (χ0v) is 9.89. The molecule has 0 aromatic heterocycles.